The van der Waals surface area contributed by atoms with Gasteiger partial charge in [-0.1, -0.05) is 24.3 Å². The molecule has 0 radical (unpaired) electrons. The van der Waals surface area contributed by atoms with Crippen LogP contribution >= 0.6 is 0 Å². The summed E-state index contributed by atoms with van der Waals surface area (Å²) in [4.78, 5) is 14.5. The minimum Gasteiger partial charge on any atom is -0.495 e. The van der Waals surface area contributed by atoms with Gasteiger partial charge < -0.3 is 10.1 Å². The van der Waals surface area contributed by atoms with E-state index in [-0.39, 0.29) is 17.3 Å². The molecule has 0 atom stereocenters. The fraction of sp³-hybridized carbons (Fsp3) is 0.350. The predicted molar refractivity (Wildman–Crippen MR) is 110 cm³/mol. The van der Waals surface area contributed by atoms with Crippen molar-refractivity contribution in [2.24, 2.45) is 0 Å². The van der Waals surface area contributed by atoms with Crippen molar-refractivity contribution in [2.75, 3.05) is 40.1 Å². The van der Waals surface area contributed by atoms with E-state index in [1.54, 1.807) is 0 Å². The maximum absolute atomic E-state index is 12.5. The number of benzene rings is 2. The third-order valence-electron chi connectivity index (χ3n) is 4.34. The highest BCUT2D eigenvalue weighted by molar-refractivity contribution is 7.89. The molecule has 1 amide bonds. The highest BCUT2D eigenvalue weighted by Gasteiger charge is 2.20. The molecule has 0 bridgehead atoms. The molecule has 0 aliphatic heterocycles. The third kappa shape index (κ3) is 5.31. The van der Waals surface area contributed by atoms with Crippen molar-refractivity contribution in [1.29, 1.82) is 0 Å². The van der Waals surface area contributed by atoms with Crippen LogP contribution in [0, 0.1) is 6.92 Å². The van der Waals surface area contributed by atoms with Gasteiger partial charge in [0.15, 0.2) is 0 Å². The molecule has 2 aromatic rings. The first-order valence-electron chi connectivity index (χ1n) is 8.78. The van der Waals surface area contributed by atoms with Crippen LogP contribution in [0.25, 0.3) is 0 Å². The van der Waals surface area contributed by atoms with Gasteiger partial charge in [0.1, 0.15) is 5.75 Å². The first-order chi connectivity index (χ1) is 13.1. The Labute approximate surface area is 167 Å². The number of likely N-dealkylation sites (N-methyl/N-ethyl adjacent to an activating group) is 1. The molecule has 0 unspecified atom stereocenters. The Morgan fingerprint density at radius 3 is 2.39 bits per heavy atom. The van der Waals surface area contributed by atoms with E-state index in [1.165, 1.54) is 39.4 Å². The van der Waals surface area contributed by atoms with Gasteiger partial charge in [0.2, 0.25) is 15.9 Å². The van der Waals surface area contributed by atoms with Gasteiger partial charge >= 0.3 is 0 Å². The average Bonchev–Trinajstić information content (AvgIpc) is 2.63. The average molecular weight is 406 g/mol. The van der Waals surface area contributed by atoms with Gasteiger partial charge in [0.25, 0.3) is 0 Å². The maximum Gasteiger partial charge on any atom is 0.242 e. The van der Waals surface area contributed by atoms with Crippen LogP contribution in [0.15, 0.2) is 47.4 Å². The third-order valence-corrected chi connectivity index (χ3v) is 6.15. The van der Waals surface area contributed by atoms with E-state index in [0.717, 1.165) is 15.4 Å². The molecule has 0 spiro atoms. The largest absolute Gasteiger partial charge is 0.495 e. The molecule has 0 aromatic heterocycles. The number of carbonyl (C=O) groups excluding carboxylic acids is 1. The molecule has 0 aliphatic rings. The zero-order chi connectivity index (χ0) is 20.9. The monoisotopic (exact) mass is 405 g/mol. The summed E-state index contributed by atoms with van der Waals surface area (Å²) in [7, 11) is 2.63. The van der Waals surface area contributed by atoms with E-state index in [0.29, 0.717) is 18.0 Å². The molecule has 0 aliphatic carbocycles. The quantitative estimate of drug-likeness (QED) is 0.729. The molecular formula is C20H27N3O4S. The molecule has 1 N–H and O–H groups in total. The maximum atomic E-state index is 12.5. The Morgan fingerprint density at radius 1 is 1.11 bits per heavy atom. The van der Waals surface area contributed by atoms with Crippen LogP contribution in [0.4, 0.5) is 5.69 Å². The molecule has 8 heteroatoms. The van der Waals surface area contributed by atoms with E-state index in [9.17, 15) is 13.2 Å². The number of ether oxygens (including phenoxy) is 1. The molecule has 0 saturated carbocycles. The second-order valence-corrected chi connectivity index (χ2v) is 8.95. The van der Waals surface area contributed by atoms with Crippen molar-refractivity contribution < 1.29 is 17.9 Å². The Kier molecular flexibility index (Phi) is 7.17. The zero-order valence-electron chi connectivity index (χ0n) is 16.9. The van der Waals surface area contributed by atoms with Gasteiger partial charge in [0, 0.05) is 20.6 Å². The molecule has 2 aromatic carbocycles. The molecule has 2 rings (SSSR count). The summed E-state index contributed by atoms with van der Waals surface area (Å²) in [5.74, 6) is 0.140. The first kappa shape index (κ1) is 21.9. The first-order valence-corrected chi connectivity index (χ1v) is 10.2. The van der Waals surface area contributed by atoms with Crippen molar-refractivity contribution in [3.05, 3.63) is 53.6 Å². The summed E-state index contributed by atoms with van der Waals surface area (Å²) in [6.07, 6.45) is 0. The molecular weight excluding hydrogens is 378 g/mol. The summed E-state index contributed by atoms with van der Waals surface area (Å²) < 4.78 is 31.1. The van der Waals surface area contributed by atoms with E-state index in [2.05, 4.69) is 5.32 Å². The normalized spacial score (nSPS) is 11.7. The highest BCUT2D eigenvalue weighted by Crippen LogP contribution is 2.28. The number of nitrogens with zero attached hydrogens (tertiary/aromatic N) is 2. The van der Waals surface area contributed by atoms with Crippen LogP contribution in [0.2, 0.25) is 0 Å². The predicted octanol–water partition coefficient (Wildman–Crippen LogP) is 2.32. The lowest BCUT2D eigenvalue weighted by Gasteiger charge is -2.19. The number of hydrogen-bond donors (Lipinski definition) is 1. The number of hydrogen-bond acceptors (Lipinski definition) is 5. The summed E-state index contributed by atoms with van der Waals surface area (Å²) in [6, 6.07) is 12.4. The standard InChI is InChI=1S/C20H27N3O4S/c1-15-8-6-7-9-16(15)13-23(4)14-20(24)21-18-12-17(10-11-19(18)27-5)28(25,26)22(2)3/h6-12H,13-14H2,1-5H3,(H,21,24). The second-order valence-electron chi connectivity index (χ2n) is 6.80. The van der Waals surface area contributed by atoms with Crippen LogP contribution in [0.3, 0.4) is 0 Å². The van der Waals surface area contributed by atoms with Crippen molar-refractivity contribution in [3.8, 4) is 5.75 Å². The highest BCUT2D eigenvalue weighted by atomic mass is 32.2. The lowest BCUT2D eigenvalue weighted by molar-refractivity contribution is -0.117. The van der Waals surface area contributed by atoms with E-state index in [1.807, 2.05) is 43.1 Å². The number of rotatable bonds is 8. The Bertz CT molecular complexity index is 942. The van der Waals surface area contributed by atoms with Crippen LogP contribution in [0.5, 0.6) is 5.75 Å². The number of carbonyl (C=O) groups is 1. The SMILES string of the molecule is COc1ccc(S(=O)(=O)N(C)C)cc1NC(=O)CN(C)Cc1ccccc1C. The Hall–Kier alpha value is -2.42. The molecule has 152 valence electrons. The van der Waals surface area contributed by atoms with Crippen molar-refractivity contribution in [3.63, 3.8) is 0 Å². The fourth-order valence-electron chi connectivity index (χ4n) is 2.73. The van der Waals surface area contributed by atoms with Crippen LogP contribution in [-0.2, 0) is 21.4 Å². The van der Waals surface area contributed by atoms with E-state index >= 15 is 0 Å². The van der Waals surface area contributed by atoms with Gasteiger partial charge in [-0.05, 0) is 43.3 Å². The van der Waals surface area contributed by atoms with E-state index < -0.39 is 10.0 Å². The topological polar surface area (TPSA) is 79.0 Å². The van der Waals surface area contributed by atoms with Crippen LogP contribution in [0.1, 0.15) is 11.1 Å². The Balaban J connectivity index is 2.13. The smallest absolute Gasteiger partial charge is 0.242 e. The molecule has 7 nitrogen and oxygen atoms in total. The van der Waals surface area contributed by atoms with Gasteiger partial charge in [0.05, 0.1) is 24.2 Å². The minimum atomic E-state index is -3.61. The molecule has 28 heavy (non-hydrogen) atoms. The number of amides is 1. The summed E-state index contributed by atoms with van der Waals surface area (Å²) in [6.45, 7) is 2.82. The summed E-state index contributed by atoms with van der Waals surface area (Å²) in [5.41, 5.74) is 2.63. The molecule has 0 heterocycles. The number of anilines is 1. The second kappa shape index (κ2) is 9.18. The van der Waals surface area contributed by atoms with E-state index in [4.69, 9.17) is 4.74 Å². The summed E-state index contributed by atoms with van der Waals surface area (Å²) >= 11 is 0. The molecule has 0 saturated heterocycles. The lowest BCUT2D eigenvalue weighted by Crippen LogP contribution is -2.30. The number of nitrogens with one attached hydrogen (secondary N) is 1. The van der Waals surface area contributed by atoms with Gasteiger partial charge in [-0.15, -0.1) is 0 Å². The van der Waals surface area contributed by atoms with Crippen LogP contribution in [-0.4, -0.2) is 58.3 Å². The van der Waals surface area contributed by atoms with Gasteiger partial charge in [-0.25, -0.2) is 12.7 Å². The van der Waals surface area contributed by atoms with Gasteiger partial charge in [-0.3, -0.25) is 9.69 Å². The lowest BCUT2D eigenvalue weighted by atomic mass is 10.1. The Morgan fingerprint density at radius 2 is 1.79 bits per heavy atom. The van der Waals surface area contributed by atoms with Crippen molar-refractivity contribution >= 4 is 21.6 Å². The van der Waals surface area contributed by atoms with Crippen LogP contribution < -0.4 is 10.1 Å². The number of sulfonamides is 1. The van der Waals surface area contributed by atoms with Crippen molar-refractivity contribution in [2.45, 2.75) is 18.4 Å². The minimum absolute atomic E-state index is 0.0851. The van der Waals surface area contributed by atoms with Gasteiger partial charge in [-0.2, -0.15) is 0 Å². The summed E-state index contributed by atoms with van der Waals surface area (Å²) in [5, 5.41) is 2.76. The number of aryl methyl sites for hydroxylation is 1. The number of methoxy groups -OCH3 is 1. The van der Waals surface area contributed by atoms with Crippen molar-refractivity contribution in [1.82, 2.24) is 9.21 Å². The molecule has 0 fully saturated rings. The fourth-order valence-corrected chi connectivity index (χ4v) is 3.65. The zero-order valence-corrected chi connectivity index (χ0v) is 17.7.